The fraction of sp³-hybridized carbons (Fsp3) is 0.524. The first-order valence-corrected chi connectivity index (χ1v) is 10.2. The molecule has 1 atom stereocenters. The minimum atomic E-state index is -2.61. The largest absolute Gasteiger partial charge is 0.376 e. The summed E-state index contributed by atoms with van der Waals surface area (Å²) < 4.78 is 32.9. The summed E-state index contributed by atoms with van der Waals surface area (Å²) >= 11 is 0. The average Bonchev–Trinajstić information content (AvgIpc) is 3.19. The van der Waals surface area contributed by atoms with E-state index in [1.54, 1.807) is 35.5 Å². The van der Waals surface area contributed by atoms with Crippen molar-refractivity contribution in [3.05, 3.63) is 47.5 Å². The second-order valence-corrected chi connectivity index (χ2v) is 8.35. The topological polar surface area (TPSA) is 71.5 Å². The fourth-order valence-corrected chi connectivity index (χ4v) is 4.58. The van der Waals surface area contributed by atoms with Gasteiger partial charge < -0.3 is 14.5 Å². The Kier molecular flexibility index (Phi) is 4.65. The van der Waals surface area contributed by atoms with Gasteiger partial charge in [-0.15, -0.1) is 0 Å². The molecule has 0 aromatic carbocycles. The summed E-state index contributed by atoms with van der Waals surface area (Å²) in [6.45, 7) is 2.45. The molecule has 1 amide bonds. The Morgan fingerprint density at radius 1 is 1.10 bits per heavy atom. The zero-order chi connectivity index (χ0) is 20.8. The number of aromatic nitrogens is 3. The van der Waals surface area contributed by atoms with Gasteiger partial charge >= 0.3 is 0 Å². The molecule has 158 valence electrons. The van der Waals surface area contributed by atoms with Crippen LogP contribution in [0.15, 0.2) is 30.6 Å². The number of nitrogens with zero attached hydrogens (tertiary/aromatic N) is 5. The zero-order valence-corrected chi connectivity index (χ0v) is 16.6. The highest BCUT2D eigenvalue weighted by Crippen LogP contribution is 2.40. The Morgan fingerprint density at radius 3 is 2.70 bits per heavy atom. The number of pyridine rings is 1. The van der Waals surface area contributed by atoms with Crippen molar-refractivity contribution < 1.29 is 18.3 Å². The molecule has 2 aromatic rings. The number of halogens is 2. The first-order chi connectivity index (χ1) is 14.5. The summed E-state index contributed by atoms with van der Waals surface area (Å²) in [5.41, 5.74) is 1.80. The quantitative estimate of drug-likeness (QED) is 0.750. The summed E-state index contributed by atoms with van der Waals surface area (Å²) in [4.78, 5) is 29.9. The number of alkyl halides is 2. The van der Waals surface area contributed by atoms with E-state index < -0.39 is 11.3 Å². The van der Waals surface area contributed by atoms with Crippen LogP contribution in [0.1, 0.15) is 41.0 Å². The first-order valence-electron chi connectivity index (χ1n) is 10.2. The van der Waals surface area contributed by atoms with Crippen molar-refractivity contribution in [2.75, 3.05) is 37.7 Å². The lowest BCUT2D eigenvalue weighted by Gasteiger charge is -2.36. The second kappa shape index (κ2) is 7.23. The van der Waals surface area contributed by atoms with Crippen molar-refractivity contribution in [1.82, 2.24) is 19.9 Å². The maximum atomic E-state index is 13.5. The molecule has 7 nitrogen and oxygen atoms in total. The highest BCUT2D eigenvalue weighted by molar-refractivity contribution is 5.92. The van der Waals surface area contributed by atoms with Crippen LogP contribution in [0.3, 0.4) is 0 Å². The van der Waals surface area contributed by atoms with Gasteiger partial charge in [0.2, 0.25) is 5.95 Å². The van der Waals surface area contributed by atoms with E-state index in [0.717, 1.165) is 17.7 Å². The number of hydrogen-bond donors (Lipinski definition) is 0. The maximum Gasteiger partial charge on any atom is 0.272 e. The smallest absolute Gasteiger partial charge is 0.272 e. The number of anilines is 1. The van der Waals surface area contributed by atoms with Crippen molar-refractivity contribution in [1.29, 1.82) is 0 Å². The molecule has 2 aromatic heterocycles. The number of amides is 1. The molecule has 3 aliphatic heterocycles. The Bertz CT molecular complexity index is 948. The van der Waals surface area contributed by atoms with Crippen LogP contribution in [0.4, 0.5) is 14.7 Å². The van der Waals surface area contributed by atoms with Crippen LogP contribution in [-0.2, 0) is 16.8 Å². The molecular weight excluding hydrogens is 392 g/mol. The van der Waals surface area contributed by atoms with Crippen LogP contribution >= 0.6 is 0 Å². The summed E-state index contributed by atoms with van der Waals surface area (Å²) in [7, 11) is 0. The van der Waals surface area contributed by atoms with Gasteiger partial charge in [0, 0.05) is 57.0 Å². The van der Waals surface area contributed by atoms with Gasteiger partial charge in [0.25, 0.3) is 11.8 Å². The number of carbonyl (C=O) groups excluding carboxylic acids is 1. The van der Waals surface area contributed by atoms with Crippen molar-refractivity contribution >= 4 is 11.9 Å². The Balaban J connectivity index is 1.40. The monoisotopic (exact) mass is 415 g/mol. The van der Waals surface area contributed by atoms with Gasteiger partial charge in [-0.1, -0.05) is 6.07 Å². The molecule has 1 spiro atoms. The van der Waals surface area contributed by atoms with E-state index >= 15 is 0 Å². The van der Waals surface area contributed by atoms with E-state index in [1.807, 2.05) is 4.90 Å². The standard InChI is InChI=1S/C21H23F2N5O2/c22-21(23)5-9-27(10-6-21)19-25-11-15-12-30-14-20(17(15)26-19)4-8-28(13-20)18(29)16-3-1-2-7-24-16/h1-3,7,11H,4-6,8-10,12-14H2. The van der Waals surface area contributed by atoms with Crippen LogP contribution in [-0.4, -0.2) is 64.5 Å². The molecule has 3 aliphatic rings. The lowest BCUT2D eigenvalue weighted by atomic mass is 9.80. The predicted octanol–water partition coefficient (Wildman–Crippen LogP) is 2.42. The van der Waals surface area contributed by atoms with Gasteiger partial charge in [-0.3, -0.25) is 9.78 Å². The Hall–Kier alpha value is -2.68. The Morgan fingerprint density at radius 2 is 1.93 bits per heavy atom. The number of carbonyl (C=O) groups is 1. The third-order valence-electron chi connectivity index (χ3n) is 6.29. The van der Waals surface area contributed by atoms with Crippen LogP contribution in [0.5, 0.6) is 0 Å². The van der Waals surface area contributed by atoms with Gasteiger partial charge in [0.15, 0.2) is 0 Å². The lowest BCUT2D eigenvalue weighted by Crippen LogP contribution is -2.43. The SMILES string of the molecule is O=C(c1ccccn1)N1CCC2(COCc3cnc(N4CCC(F)(F)CC4)nc32)C1. The number of rotatable bonds is 2. The summed E-state index contributed by atoms with van der Waals surface area (Å²) in [5.74, 6) is -2.23. The first kappa shape index (κ1) is 19.3. The molecule has 30 heavy (non-hydrogen) atoms. The van der Waals surface area contributed by atoms with E-state index in [9.17, 15) is 13.6 Å². The van der Waals surface area contributed by atoms with E-state index in [0.29, 0.717) is 37.9 Å². The zero-order valence-electron chi connectivity index (χ0n) is 16.6. The molecule has 0 bridgehead atoms. The van der Waals surface area contributed by atoms with Crippen molar-refractivity contribution in [3.8, 4) is 0 Å². The van der Waals surface area contributed by atoms with Crippen molar-refractivity contribution in [2.24, 2.45) is 0 Å². The number of ether oxygens (including phenoxy) is 1. The van der Waals surface area contributed by atoms with Crippen LogP contribution in [0.2, 0.25) is 0 Å². The number of fused-ring (bicyclic) bond motifs is 2. The highest BCUT2D eigenvalue weighted by Gasteiger charge is 2.47. The van der Waals surface area contributed by atoms with Crippen LogP contribution in [0.25, 0.3) is 0 Å². The highest BCUT2D eigenvalue weighted by atomic mass is 19.3. The van der Waals surface area contributed by atoms with Crippen molar-refractivity contribution in [2.45, 2.75) is 37.2 Å². The van der Waals surface area contributed by atoms with E-state index in [2.05, 4.69) is 9.97 Å². The maximum absolute atomic E-state index is 13.5. The molecule has 2 fully saturated rings. The fourth-order valence-electron chi connectivity index (χ4n) is 4.58. The molecule has 5 heterocycles. The van der Waals surface area contributed by atoms with E-state index in [-0.39, 0.29) is 31.8 Å². The lowest BCUT2D eigenvalue weighted by molar-refractivity contribution is -0.0223. The number of hydrogen-bond acceptors (Lipinski definition) is 6. The molecule has 0 N–H and O–H groups in total. The van der Waals surface area contributed by atoms with Crippen molar-refractivity contribution in [3.63, 3.8) is 0 Å². The summed E-state index contributed by atoms with van der Waals surface area (Å²) in [5, 5.41) is 0. The molecule has 0 radical (unpaired) electrons. The normalized spacial score (nSPS) is 25.4. The summed E-state index contributed by atoms with van der Waals surface area (Å²) in [6.07, 6.45) is 3.71. The van der Waals surface area contributed by atoms with E-state index in [4.69, 9.17) is 9.72 Å². The van der Waals surface area contributed by atoms with Crippen LogP contribution < -0.4 is 4.90 Å². The third kappa shape index (κ3) is 3.40. The van der Waals surface area contributed by atoms with Gasteiger partial charge in [0.05, 0.1) is 24.3 Å². The van der Waals surface area contributed by atoms with Gasteiger partial charge in [-0.25, -0.2) is 18.7 Å². The number of piperidine rings is 1. The Labute approximate surface area is 173 Å². The predicted molar refractivity (Wildman–Crippen MR) is 105 cm³/mol. The van der Waals surface area contributed by atoms with Gasteiger partial charge in [0.1, 0.15) is 5.69 Å². The minimum Gasteiger partial charge on any atom is -0.376 e. The van der Waals surface area contributed by atoms with E-state index in [1.165, 1.54) is 0 Å². The molecule has 9 heteroatoms. The molecule has 5 rings (SSSR count). The van der Waals surface area contributed by atoms with Gasteiger partial charge in [-0.05, 0) is 18.6 Å². The molecular formula is C21H23F2N5O2. The number of likely N-dealkylation sites (tertiary alicyclic amines) is 1. The summed E-state index contributed by atoms with van der Waals surface area (Å²) in [6, 6.07) is 5.29. The average molecular weight is 415 g/mol. The van der Waals surface area contributed by atoms with Gasteiger partial charge in [-0.2, -0.15) is 0 Å². The molecule has 0 aliphatic carbocycles. The molecule has 2 saturated heterocycles. The minimum absolute atomic E-state index is 0.105. The van der Waals surface area contributed by atoms with Crippen LogP contribution in [0, 0.1) is 0 Å². The molecule has 0 saturated carbocycles. The second-order valence-electron chi connectivity index (χ2n) is 8.35. The third-order valence-corrected chi connectivity index (χ3v) is 6.29. The molecule has 1 unspecified atom stereocenters.